The average molecular weight is 539 g/mol. The van der Waals surface area contributed by atoms with Gasteiger partial charge in [0.1, 0.15) is 0 Å². The Morgan fingerprint density at radius 2 is 1.82 bits per heavy atom. The number of benzene rings is 3. The fourth-order valence-electron chi connectivity index (χ4n) is 5.39. The molecule has 198 valence electrons. The molecule has 0 radical (unpaired) electrons. The van der Waals surface area contributed by atoms with Gasteiger partial charge in [0.15, 0.2) is 5.01 Å². The number of carbonyl (C=O) groups is 2. The molecular weight excluding hydrogens is 508 g/mol. The zero-order valence-corrected chi connectivity index (χ0v) is 23.0. The largest absolute Gasteiger partial charge is 0.369 e. The number of nitrogens with one attached hydrogen (secondary N) is 2. The predicted molar refractivity (Wildman–Crippen MR) is 159 cm³/mol. The van der Waals surface area contributed by atoms with Crippen molar-refractivity contribution in [2.75, 3.05) is 43.4 Å². The van der Waals surface area contributed by atoms with Crippen LogP contribution in [0.1, 0.15) is 30.6 Å². The first kappa shape index (κ1) is 25.1. The van der Waals surface area contributed by atoms with Gasteiger partial charge in [0.2, 0.25) is 0 Å². The van der Waals surface area contributed by atoms with Gasteiger partial charge in [-0.2, -0.15) is 0 Å². The number of thiazole rings is 1. The quantitative estimate of drug-likeness (QED) is 0.286. The molecule has 1 aliphatic heterocycles. The van der Waals surface area contributed by atoms with E-state index in [-0.39, 0.29) is 5.91 Å². The topological polar surface area (TPSA) is 107 Å². The molecule has 2 aromatic heterocycles. The number of rotatable bonds is 5. The lowest BCUT2D eigenvalue weighted by Gasteiger charge is -2.34. The predicted octanol–water partition coefficient (Wildman–Crippen LogP) is 5.16. The molecule has 2 amide bonds. The minimum absolute atomic E-state index is 0.230. The van der Waals surface area contributed by atoms with Crippen molar-refractivity contribution >= 4 is 56.3 Å². The summed E-state index contributed by atoms with van der Waals surface area (Å²) in [4.78, 5) is 38.7. The van der Waals surface area contributed by atoms with Crippen LogP contribution in [0.4, 0.5) is 11.4 Å². The molecular formula is C30H30N6O2S. The number of primary amides is 1. The third-order valence-corrected chi connectivity index (χ3v) is 8.47. The molecule has 3 aromatic carbocycles. The number of amides is 2. The molecule has 1 aliphatic rings. The molecule has 0 aliphatic carbocycles. The highest BCUT2D eigenvalue weighted by Gasteiger charge is 2.21. The van der Waals surface area contributed by atoms with E-state index in [2.05, 4.69) is 50.3 Å². The van der Waals surface area contributed by atoms with Gasteiger partial charge in [-0.3, -0.25) is 9.59 Å². The third kappa shape index (κ3) is 4.53. The summed E-state index contributed by atoms with van der Waals surface area (Å²) in [5.74, 6) is -0.708. The van der Waals surface area contributed by atoms with Crippen molar-refractivity contribution in [2.45, 2.75) is 13.8 Å². The van der Waals surface area contributed by atoms with Gasteiger partial charge in [-0.05, 0) is 61.9 Å². The number of fused-ring (bicyclic) bond motifs is 3. The molecule has 0 spiro atoms. The molecule has 1 fully saturated rings. The fourth-order valence-corrected chi connectivity index (χ4v) is 6.05. The van der Waals surface area contributed by atoms with Crippen LogP contribution in [0.3, 0.4) is 0 Å². The molecule has 39 heavy (non-hydrogen) atoms. The number of hydrogen-bond donors (Lipinski definition) is 3. The minimum Gasteiger partial charge on any atom is -0.369 e. The van der Waals surface area contributed by atoms with Crippen LogP contribution in [-0.4, -0.2) is 59.9 Å². The van der Waals surface area contributed by atoms with Crippen LogP contribution in [0, 0.1) is 13.8 Å². The average Bonchev–Trinajstić information content (AvgIpc) is 3.53. The van der Waals surface area contributed by atoms with Crippen LogP contribution >= 0.6 is 11.3 Å². The molecule has 4 N–H and O–H groups in total. The fraction of sp³-hybridized carbons (Fsp3) is 0.233. The summed E-state index contributed by atoms with van der Waals surface area (Å²) in [7, 11) is 2.15. The van der Waals surface area contributed by atoms with Crippen molar-refractivity contribution in [3.63, 3.8) is 0 Å². The molecule has 9 heteroatoms. The molecule has 3 heterocycles. The Kier molecular flexibility index (Phi) is 6.32. The molecule has 0 bridgehead atoms. The first-order valence-corrected chi connectivity index (χ1v) is 13.8. The smallest absolute Gasteiger partial charge is 0.284 e. The second-order valence-electron chi connectivity index (χ2n) is 10.1. The number of nitrogens with zero attached hydrogens (tertiary/aromatic N) is 3. The second kappa shape index (κ2) is 9.83. The number of piperazine rings is 1. The number of aromatic amines is 1. The number of carbonyl (C=O) groups excluding carboxylic acids is 2. The van der Waals surface area contributed by atoms with E-state index in [1.807, 2.05) is 38.1 Å². The Morgan fingerprint density at radius 3 is 2.54 bits per heavy atom. The third-order valence-electron chi connectivity index (χ3n) is 7.56. The van der Waals surface area contributed by atoms with Crippen LogP contribution in [-0.2, 0) is 0 Å². The highest BCUT2D eigenvalue weighted by atomic mass is 32.1. The van der Waals surface area contributed by atoms with Gasteiger partial charge in [0.05, 0.1) is 11.1 Å². The van der Waals surface area contributed by atoms with Crippen LogP contribution in [0.25, 0.3) is 32.9 Å². The lowest BCUT2D eigenvalue weighted by atomic mass is 9.93. The zero-order chi connectivity index (χ0) is 27.3. The van der Waals surface area contributed by atoms with Crippen molar-refractivity contribution in [3.8, 4) is 11.1 Å². The van der Waals surface area contributed by atoms with Crippen LogP contribution in [0.15, 0.2) is 54.7 Å². The number of aromatic nitrogens is 2. The van der Waals surface area contributed by atoms with E-state index in [4.69, 9.17) is 5.73 Å². The summed E-state index contributed by atoms with van der Waals surface area (Å²) in [5, 5.41) is 5.41. The first-order valence-electron chi connectivity index (χ1n) is 13.0. The van der Waals surface area contributed by atoms with Gasteiger partial charge in [0, 0.05) is 64.9 Å². The van der Waals surface area contributed by atoms with E-state index in [1.54, 1.807) is 12.3 Å². The zero-order valence-electron chi connectivity index (χ0n) is 22.2. The monoisotopic (exact) mass is 538 g/mol. The van der Waals surface area contributed by atoms with E-state index in [9.17, 15) is 9.59 Å². The normalized spacial score (nSPS) is 14.3. The molecule has 0 atom stereocenters. The maximum atomic E-state index is 12.8. The minimum atomic E-state index is -0.478. The number of H-pyrrole nitrogens is 1. The van der Waals surface area contributed by atoms with Crippen LogP contribution in [0.5, 0.6) is 0 Å². The molecule has 0 unspecified atom stereocenters. The maximum Gasteiger partial charge on any atom is 0.284 e. The molecule has 6 rings (SSSR count). The second-order valence-corrected chi connectivity index (χ2v) is 11.4. The number of likely N-dealkylation sites (N-methyl/N-ethyl adjacent to an activating group) is 1. The summed E-state index contributed by atoms with van der Waals surface area (Å²) in [6.45, 7) is 7.91. The van der Waals surface area contributed by atoms with E-state index in [1.165, 1.54) is 11.3 Å². The van der Waals surface area contributed by atoms with Crippen LogP contribution < -0.4 is 16.0 Å². The summed E-state index contributed by atoms with van der Waals surface area (Å²) >= 11 is 1.36. The van der Waals surface area contributed by atoms with Crippen LogP contribution in [0.2, 0.25) is 0 Å². The Morgan fingerprint density at radius 1 is 1.03 bits per heavy atom. The summed E-state index contributed by atoms with van der Waals surface area (Å²) in [6.07, 6.45) is 1.70. The van der Waals surface area contributed by atoms with Gasteiger partial charge in [-0.1, -0.05) is 24.3 Å². The van der Waals surface area contributed by atoms with Gasteiger partial charge in [0.25, 0.3) is 11.8 Å². The van der Waals surface area contributed by atoms with E-state index in [0.717, 1.165) is 80.9 Å². The van der Waals surface area contributed by atoms with Crippen molar-refractivity contribution in [1.82, 2.24) is 14.9 Å². The number of anilines is 2. The maximum absolute atomic E-state index is 12.8. The van der Waals surface area contributed by atoms with Crippen molar-refractivity contribution in [3.05, 3.63) is 75.7 Å². The van der Waals surface area contributed by atoms with E-state index in [0.29, 0.717) is 10.6 Å². The SMILES string of the molecule is Cc1cnc(C(=O)Nc2cccc(-c3ccc(C(N)=O)c4[nH]c5cc(N6CCN(C)CC6)ccc5c34)c2C)s1. The van der Waals surface area contributed by atoms with E-state index < -0.39 is 5.91 Å². The lowest BCUT2D eigenvalue weighted by Crippen LogP contribution is -2.44. The van der Waals surface area contributed by atoms with Crippen molar-refractivity contribution < 1.29 is 9.59 Å². The van der Waals surface area contributed by atoms with Crippen molar-refractivity contribution in [1.29, 1.82) is 0 Å². The number of nitrogens with two attached hydrogens (primary N) is 1. The van der Waals surface area contributed by atoms with E-state index >= 15 is 0 Å². The van der Waals surface area contributed by atoms with Gasteiger partial charge in [-0.25, -0.2) is 4.98 Å². The van der Waals surface area contributed by atoms with Gasteiger partial charge < -0.3 is 25.8 Å². The molecule has 1 saturated heterocycles. The highest BCUT2D eigenvalue weighted by molar-refractivity contribution is 7.13. The summed E-state index contributed by atoms with van der Waals surface area (Å²) < 4.78 is 0. The summed E-state index contributed by atoms with van der Waals surface area (Å²) in [5.41, 5.74) is 12.6. The Hall–Kier alpha value is -4.21. The molecule has 0 saturated carbocycles. The number of hydrogen-bond acceptors (Lipinski definition) is 6. The molecule has 5 aromatic rings. The first-order chi connectivity index (χ1) is 18.8. The molecule has 8 nitrogen and oxygen atoms in total. The summed E-state index contributed by atoms with van der Waals surface area (Å²) in [6, 6.07) is 16.0. The lowest BCUT2D eigenvalue weighted by molar-refractivity contribution is 0.0998. The Labute approximate surface area is 230 Å². The standard InChI is InChI=1S/C30H30N6O2S/c1-17-16-32-30(39-17)29(38)34-24-6-4-5-20(18(24)2)21-9-10-23(28(31)37)27-26(21)22-8-7-19(15-25(22)33-27)36-13-11-35(3)12-14-36/h4-10,15-16,33H,11-14H2,1-3H3,(H2,31,37)(H,34,38). The number of aryl methyl sites for hydroxylation is 1. The Bertz CT molecular complexity index is 1750. The van der Waals surface area contributed by atoms with Gasteiger partial charge >= 0.3 is 0 Å². The van der Waals surface area contributed by atoms with Crippen molar-refractivity contribution in [2.24, 2.45) is 5.73 Å². The highest BCUT2D eigenvalue weighted by Crippen LogP contribution is 2.40. The Balaban J connectivity index is 1.46. The van der Waals surface area contributed by atoms with Gasteiger partial charge in [-0.15, -0.1) is 11.3 Å².